The molecule has 1 heterocycles. The fraction of sp³-hybridized carbons (Fsp3) is 0.500. The van der Waals surface area contributed by atoms with E-state index in [1.165, 1.54) is 24.2 Å². The van der Waals surface area contributed by atoms with Gasteiger partial charge >= 0.3 is 0 Å². The van der Waals surface area contributed by atoms with Gasteiger partial charge in [0, 0.05) is 25.6 Å². The quantitative estimate of drug-likeness (QED) is 0.853. The standard InChI is InChI=1S/C14H19N3/c1-2-17-13-6-4-3-5-12(13)16-14(17)9-10-15-11-7-8-11/h3-6,11,15H,2,7-10H2,1H3. The van der Waals surface area contributed by atoms with Gasteiger partial charge in [-0.2, -0.15) is 0 Å². The molecule has 1 aromatic carbocycles. The molecule has 1 fully saturated rings. The number of fused-ring (bicyclic) bond motifs is 1. The summed E-state index contributed by atoms with van der Waals surface area (Å²) in [5.74, 6) is 1.21. The number of aromatic nitrogens is 2. The SMILES string of the molecule is CCn1c(CCNC2CC2)nc2ccccc21. The number of rotatable bonds is 5. The van der Waals surface area contributed by atoms with Gasteiger partial charge in [-0.05, 0) is 31.9 Å². The van der Waals surface area contributed by atoms with E-state index >= 15 is 0 Å². The number of hydrogen-bond donors (Lipinski definition) is 1. The van der Waals surface area contributed by atoms with Gasteiger partial charge in [-0.25, -0.2) is 4.98 Å². The number of imidazole rings is 1. The van der Waals surface area contributed by atoms with E-state index in [9.17, 15) is 0 Å². The molecular weight excluding hydrogens is 210 g/mol. The molecule has 0 radical (unpaired) electrons. The molecule has 2 aromatic rings. The summed E-state index contributed by atoms with van der Waals surface area (Å²) in [5.41, 5.74) is 2.38. The highest BCUT2D eigenvalue weighted by atomic mass is 15.1. The van der Waals surface area contributed by atoms with Crippen molar-refractivity contribution >= 4 is 11.0 Å². The van der Waals surface area contributed by atoms with Gasteiger partial charge in [0.15, 0.2) is 0 Å². The third-order valence-electron chi connectivity index (χ3n) is 3.41. The van der Waals surface area contributed by atoms with E-state index in [1.807, 2.05) is 0 Å². The molecular formula is C14H19N3. The van der Waals surface area contributed by atoms with Crippen LogP contribution in [0.1, 0.15) is 25.6 Å². The first-order valence-corrected chi connectivity index (χ1v) is 6.56. The van der Waals surface area contributed by atoms with Crippen LogP contribution in [0.15, 0.2) is 24.3 Å². The molecule has 3 rings (SSSR count). The molecule has 1 aromatic heterocycles. The fourth-order valence-electron chi connectivity index (χ4n) is 2.34. The minimum Gasteiger partial charge on any atom is -0.328 e. The summed E-state index contributed by atoms with van der Waals surface area (Å²) in [6, 6.07) is 9.18. The van der Waals surface area contributed by atoms with Crippen LogP contribution in [0.3, 0.4) is 0 Å². The van der Waals surface area contributed by atoms with E-state index < -0.39 is 0 Å². The van der Waals surface area contributed by atoms with E-state index in [0.717, 1.165) is 31.1 Å². The Morgan fingerprint density at radius 3 is 2.94 bits per heavy atom. The molecule has 1 saturated carbocycles. The molecule has 0 bridgehead atoms. The Morgan fingerprint density at radius 2 is 2.18 bits per heavy atom. The van der Waals surface area contributed by atoms with Crippen LogP contribution in [-0.2, 0) is 13.0 Å². The van der Waals surface area contributed by atoms with Crippen LogP contribution in [0, 0.1) is 0 Å². The maximum Gasteiger partial charge on any atom is 0.111 e. The molecule has 0 spiro atoms. The number of hydrogen-bond acceptors (Lipinski definition) is 2. The summed E-state index contributed by atoms with van der Waals surface area (Å²) in [4.78, 5) is 4.72. The summed E-state index contributed by atoms with van der Waals surface area (Å²) in [5, 5.41) is 3.55. The van der Waals surface area contributed by atoms with Crippen LogP contribution < -0.4 is 5.32 Å². The second-order valence-electron chi connectivity index (χ2n) is 4.74. The first-order valence-electron chi connectivity index (χ1n) is 6.56. The highest BCUT2D eigenvalue weighted by molar-refractivity contribution is 5.75. The molecule has 0 aliphatic heterocycles. The van der Waals surface area contributed by atoms with Crippen LogP contribution >= 0.6 is 0 Å². The highest BCUT2D eigenvalue weighted by Crippen LogP contribution is 2.19. The Labute approximate surface area is 102 Å². The van der Waals surface area contributed by atoms with Crippen LogP contribution in [0.25, 0.3) is 11.0 Å². The molecule has 0 saturated heterocycles. The molecule has 90 valence electrons. The highest BCUT2D eigenvalue weighted by Gasteiger charge is 2.20. The van der Waals surface area contributed by atoms with Gasteiger partial charge in [0.05, 0.1) is 11.0 Å². The van der Waals surface area contributed by atoms with Gasteiger partial charge in [0.25, 0.3) is 0 Å². The predicted molar refractivity (Wildman–Crippen MR) is 70.1 cm³/mol. The maximum atomic E-state index is 4.72. The van der Waals surface area contributed by atoms with Crippen LogP contribution in [0.5, 0.6) is 0 Å². The summed E-state index contributed by atoms with van der Waals surface area (Å²) < 4.78 is 2.32. The third kappa shape index (κ3) is 2.20. The Balaban J connectivity index is 1.81. The number of nitrogens with zero attached hydrogens (tertiary/aromatic N) is 2. The first kappa shape index (κ1) is 10.8. The lowest BCUT2D eigenvalue weighted by molar-refractivity contribution is 0.637. The van der Waals surface area contributed by atoms with Crippen molar-refractivity contribution in [2.45, 2.75) is 38.8 Å². The average Bonchev–Trinajstić information content (AvgIpc) is 3.09. The Morgan fingerprint density at radius 1 is 1.35 bits per heavy atom. The summed E-state index contributed by atoms with van der Waals surface area (Å²) in [6.45, 7) is 4.24. The number of nitrogens with one attached hydrogen (secondary N) is 1. The van der Waals surface area contributed by atoms with Gasteiger partial charge < -0.3 is 9.88 Å². The molecule has 0 atom stereocenters. The smallest absolute Gasteiger partial charge is 0.111 e. The minimum absolute atomic E-state index is 0.787. The van der Waals surface area contributed by atoms with Gasteiger partial charge in [-0.3, -0.25) is 0 Å². The molecule has 0 amide bonds. The van der Waals surface area contributed by atoms with Crippen molar-refractivity contribution < 1.29 is 0 Å². The Kier molecular flexibility index (Phi) is 2.85. The second-order valence-corrected chi connectivity index (χ2v) is 4.74. The van der Waals surface area contributed by atoms with Gasteiger partial charge in [-0.15, -0.1) is 0 Å². The van der Waals surface area contributed by atoms with Gasteiger partial charge in [0.2, 0.25) is 0 Å². The topological polar surface area (TPSA) is 29.9 Å². The van der Waals surface area contributed by atoms with E-state index in [4.69, 9.17) is 4.98 Å². The fourth-order valence-corrected chi connectivity index (χ4v) is 2.34. The third-order valence-corrected chi connectivity index (χ3v) is 3.41. The molecule has 1 aliphatic rings. The minimum atomic E-state index is 0.787. The van der Waals surface area contributed by atoms with E-state index in [2.05, 4.69) is 41.1 Å². The molecule has 0 unspecified atom stereocenters. The molecule has 3 heteroatoms. The van der Waals surface area contributed by atoms with Crippen molar-refractivity contribution in [1.29, 1.82) is 0 Å². The summed E-state index contributed by atoms with van der Waals surface area (Å²) >= 11 is 0. The lowest BCUT2D eigenvalue weighted by Gasteiger charge is -2.06. The van der Waals surface area contributed by atoms with Crippen LogP contribution in [-0.4, -0.2) is 22.1 Å². The lowest BCUT2D eigenvalue weighted by Crippen LogP contribution is -2.20. The zero-order valence-electron chi connectivity index (χ0n) is 10.3. The van der Waals surface area contributed by atoms with Crippen molar-refractivity contribution in [3.63, 3.8) is 0 Å². The summed E-state index contributed by atoms with van der Waals surface area (Å²) in [6.07, 6.45) is 3.73. The van der Waals surface area contributed by atoms with Gasteiger partial charge in [0.1, 0.15) is 5.82 Å². The predicted octanol–water partition coefficient (Wildman–Crippen LogP) is 2.35. The second kappa shape index (κ2) is 4.49. The molecule has 17 heavy (non-hydrogen) atoms. The largest absolute Gasteiger partial charge is 0.328 e. The number of para-hydroxylation sites is 2. The van der Waals surface area contributed by atoms with E-state index in [0.29, 0.717) is 0 Å². The molecule has 1 aliphatic carbocycles. The van der Waals surface area contributed by atoms with Crippen molar-refractivity contribution in [2.24, 2.45) is 0 Å². The lowest BCUT2D eigenvalue weighted by atomic mass is 10.3. The van der Waals surface area contributed by atoms with Crippen LogP contribution in [0.4, 0.5) is 0 Å². The maximum absolute atomic E-state index is 4.72. The van der Waals surface area contributed by atoms with E-state index in [1.54, 1.807) is 0 Å². The first-order chi connectivity index (χ1) is 8.38. The van der Waals surface area contributed by atoms with Crippen LogP contribution in [0.2, 0.25) is 0 Å². The zero-order chi connectivity index (χ0) is 11.7. The normalized spacial score (nSPS) is 15.6. The van der Waals surface area contributed by atoms with Gasteiger partial charge in [-0.1, -0.05) is 12.1 Å². The average molecular weight is 229 g/mol. The van der Waals surface area contributed by atoms with Crippen molar-refractivity contribution in [2.75, 3.05) is 6.54 Å². The zero-order valence-corrected chi connectivity index (χ0v) is 10.3. The van der Waals surface area contributed by atoms with E-state index in [-0.39, 0.29) is 0 Å². The molecule has 1 N–H and O–H groups in total. The monoisotopic (exact) mass is 229 g/mol. The Hall–Kier alpha value is -1.35. The summed E-state index contributed by atoms with van der Waals surface area (Å²) in [7, 11) is 0. The molecule has 3 nitrogen and oxygen atoms in total. The number of aryl methyl sites for hydroxylation is 1. The van der Waals surface area contributed by atoms with Crippen molar-refractivity contribution in [1.82, 2.24) is 14.9 Å². The Bertz CT molecular complexity index is 511. The van der Waals surface area contributed by atoms with Crippen molar-refractivity contribution in [3.05, 3.63) is 30.1 Å². The van der Waals surface area contributed by atoms with Crippen molar-refractivity contribution in [3.8, 4) is 0 Å². The number of benzene rings is 1.